The van der Waals surface area contributed by atoms with Crippen LogP contribution in [0.1, 0.15) is 54.4 Å². The summed E-state index contributed by atoms with van der Waals surface area (Å²) in [5.74, 6) is 2.04. The van der Waals surface area contributed by atoms with Crippen molar-refractivity contribution in [3.05, 3.63) is 0 Å². The minimum absolute atomic E-state index is 0.105. The molecule has 0 aromatic heterocycles. The second kappa shape index (κ2) is 5.75. The van der Waals surface area contributed by atoms with Gasteiger partial charge in [0.25, 0.3) is 0 Å². The van der Waals surface area contributed by atoms with Gasteiger partial charge in [-0.1, -0.05) is 41.5 Å². The molecule has 0 saturated carbocycles. The molecule has 0 fully saturated rings. The first kappa shape index (κ1) is 14.0. The first-order valence-electron chi connectivity index (χ1n) is 5.92. The highest BCUT2D eigenvalue weighted by atomic mass is 16.3. The van der Waals surface area contributed by atoms with Gasteiger partial charge in [0.1, 0.15) is 0 Å². The van der Waals surface area contributed by atoms with Crippen molar-refractivity contribution in [3.63, 3.8) is 0 Å². The van der Waals surface area contributed by atoms with E-state index in [1.807, 2.05) is 0 Å². The summed E-state index contributed by atoms with van der Waals surface area (Å²) in [4.78, 5) is 0. The van der Waals surface area contributed by atoms with Gasteiger partial charge < -0.3 is 5.11 Å². The summed E-state index contributed by atoms with van der Waals surface area (Å²) in [5.41, 5.74) is 0.105. The molecule has 1 heteroatoms. The minimum Gasteiger partial charge on any atom is -0.396 e. The van der Waals surface area contributed by atoms with Crippen LogP contribution in [0.4, 0.5) is 0 Å². The Bertz CT molecular complexity index is 151. The predicted molar refractivity (Wildman–Crippen MR) is 63.3 cm³/mol. The normalized spacial score (nSPS) is 18.6. The van der Waals surface area contributed by atoms with E-state index < -0.39 is 0 Å². The van der Waals surface area contributed by atoms with Crippen LogP contribution in [-0.2, 0) is 0 Å². The Balaban J connectivity index is 4.17. The van der Waals surface area contributed by atoms with E-state index in [-0.39, 0.29) is 5.41 Å². The predicted octanol–water partition coefficient (Wildman–Crippen LogP) is 3.71. The van der Waals surface area contributed by atoms with Gasteiger partial charge in [-0.25, -0.2) is 0 Å². The van der Waals surface area contributed by atoms with Crippen molar-refractivity contribution in [2.75, 3.05) is 6.61 Å². The maximum Gasteiger partial charge on any atom is 0.0487 e. The summed E-state index contributed by atoms with van der Waals surface area (Å²) >= 11 is 0. The first-order valence-corrected chi connectivity index (χ1v) is 5.92. The molecule has 0 aliphatic heterocycles. The van der Waals surface area contributed by atoms with Crippen molar-refractivity contribution >= 4 is 0 Å². The van der Waals surface area contributed by atoms with Crippen molar-refractivity contribution in [1.82, 2.24) is 0 Å². The van der Waals surface area contributed by atoms with Crippen molar-refractivity contribution in [1.29, 1.82) is 0 Å². The van der Waals surface area contributed by atoms with Crippen molar-refractivity contribution < 1.29 is 5.11 Å². The van der Waals surface area contributed by atoms with Crippen LogP contribution in [0.2, 0.25) is 0 Å². The summed E-state index contributed by atoms with van der Waals surface area (Å²) in [5, 5.41) is 9.44. The van der Waals surface area contributed by atoms with Crippen LogP contribution < -0.4 is 0 Å². The van der Waals surface area contributed by atoms with E-state index in [0.29, 0.717) is 12.5 Å². The highest BCUT2D eigenvalue weighted by Crippen LogP contribution is 2.35. The molecular formula is C13H28O. The third kappa shape index (κ3) is 4.45. The van der Waals surface area contributed by atoms with Crippen molar-refractivity contribution in [3.8, 4) is 0 Å². The summed E-state index contributed by atoms with van der Waals surface area (Å²) < 4.78 is 0. The maximum atomic E-state index is 9.44. The fourth-order valence-electron chi connectivity index (χ4n) is 2.17. The zero-order valence-electron chi connectivity index (χ0n) is 10.8. The second-order valence-electron chi connectivity index (χ2n) is 5.91. The zero-order valence-corrected chi connectivity index (χ0v) is 10.8. The van der Waals surface area contributed by atoms with Gasteiger partial charge in [-0.05, 0) is 36.0 Å². The van der Waals surface area contributed by atoms with Gasteiger partial charge in [0, 0.05) is 6.61 Å². The Morgan fingerprint density at radius 2 is 1.57 bits per heavy atom. The topological polar surface area (TPSA) is 20.2 Å². The highest BCUT2D eigenvalue weighted by molar-refractivity contribution is 4.79. The molecule has 0 radical (unpaired) electrons. The first-order chi connectivity index (χ1) is 6.31. The van der Waals surface area contributed by atoms with Gasteiger partial charge >= 0.3 is 0 Å². The van der Waals surface area contributed by atoms with E-state index in [1.54, 1.807) is 0 Å². The summed E-state index contributed by atoms with van der Waals surface area (Å²) in [6.07, 6.45) is 2.40. The second-order valence-corrected chi connectivity index (χ2v) is 5.91. The van der Waals surface area contributed by atoms with Gasteiger partial charge in [0.15, 0.2) is 0 Å². The van der Waals surface area contributed by atoms with Gasteiger partial charge in [-0.15, -0.1) is 0 Å². The number of aliphatic hydroxyl groups is 1. The van der Waals surface area contributed by atoms with E-state index in [0.717, 1.165) is 18.3 Å². The van der Waals surface area contributed by atoms with Crippen molar-refractivity contribution in [2.45, 2.75) is 54.4 Å². The van der Waals surface area contributed by atoms with E-state index in [2.05, 4.69) is 41.5 Å². The molecule has 1 N–H and O–H groups in total. The zero-order chi connectivity index (χ0) is 11.4. The molecule has 0 saturated heterocycles. The number of hydrogen-bond acceptors (Lipinski definition) is 1. The molecule has 0 spiro atoms. The van der Waals surface area contributed by atoms with Crippen LogP contribution in [0.25, 0.3) is 0 Å². The molecule has 0 heterocycles. The van der Waals surface area contributed by atoms with Crippen LogP contribution in [0.5, 0.6) is 0 Å². The van der Waals surface area contributed by atoms with Crippen LogP contribution in [0, 0.1) is 23.2 Å². The Kier molecular flexibility index (Phi) is 5.73. The van der Waals surface area contributed by atoms with Gasteiger partial charge in [0.2, 0.25) is 0 Å². The third-order valence-corrected chi connectivity index (χ3v) is 3.44. The molecule has 0 aliphatic carbocycles. The molecule has 0 aromatic rings. The minimum atomic E-state index is 0.105. The maximum absolute atomic E-state index is 9.44. The molecule has 2 atom stereocenters. The van der Waals surface area contributed by atoms with Crippen LogP contribution in [-0.4, -0.2) is 11.7 Å². The molecular weight excluding hydrogens is 172 g/mol. The van der Waals surface area contributed by atoms with E-state index in [1.165, 1.54) is 6.42 Å². The van der Waals surface area contributed by atoms with Gasteiger partial charge in [-0.3, -0.25) is 0 Å². The fraction of sp³-hybridized carbons (Fsp3) is 1.00. The Morgan fingerprint density at radius 1 is 1.07 bits per heavy atom. The van der Waals surface area contributed by atoms with Gasteiger partial charge in [-0.2, -0.15) is 0 Å². The Morgan fingerprint density at radius 3 is 1.86 bits per heavy atom. The van der Waals surface area contributed by atoms with E-state index >= 15 is 0 Å². The SMILES string of the molecule is CC(C)CC(C)CC(C)(CO)C(C)C. The van der Waals surface area contributed by atoms with E-state index in [9.17, 15) is 5.11 Å². The fourth-order valence-corrected chi connectivity index (χ4v) is 2.17. The Labute approximate surface area is 89.9 Å². The van der Waals surface area contributed by atoms with Crippen LogP contribution >= 0.6 is 0 Å². The summed E-state index contributed by atoms with van der Waals surface area (Å²) in [6, 6.07) is 0. The Hall–Kier alpha value is -0.0400. The quantitative estimate of drug-likeness (QED) is 0.693. The van der Waals surface area contributed by atoms with E-state index in [4.69, 9.17) is 0 Å². The molecule has 86 valence electrons. The number of hydrogen-bond donors (Lipinski definition) is 1. The lowest BCUT2D eigenvalue weighted by atomic mass is 9.72. The lowest BCUT2D eigenvalue weighted by Gasteiger charge is -2.34. The smallest absolute Gasteiger partial charge is 0.0487 e. The van der Waals surface area contributed by atoms with Crippen LogP contribution in [0.3, 0.4) is 0 Å². The molecule has 0 aromatic carbocycles. The number of rotatable bonds is 6. The number of aliphatic hydroxyl groups excluding tert-OH is 1. The highest BCUT2D eigenvalue weighted by Gasteiger charge is 2.29. The molecule has 0 aliphatic rings. The molecule has 0 bridgehead atoms. The molecule has 1 nitrogen and oxygen atoms in total. The molecule has 14 heavy (non-hydrogen) atoms. The summed E-state index contributed by atoms with van der Waals surface area (Å²) in [6.45, 7) is 13.8. The molecule has 0 amide bonds. The average Bonchev–Trinajstić information content (AvgIpc) is 2.01. The average molecular weight is 200 g/mol. The monoisotopic (exact) mass is 200 g/mol. The standard InChI is InChI=1S/C13H28O/c1-10(2)7-12(5)8-13(6,9-14)11(3)4/h10-12,14H,7-9H2,1-6H3. The largest absolute Gasteiger partial charge is 0.396 e. The lowest BCUT2D eigenvalue weighted by Crippen LogP contribution is -2.30. The lowest BCUT2D eigenvalue weighted by molar-refractivity contribution is 0.0665. The van der Waals surface area contributed by atoms with Crippen LogP contribution in [0.15, 0.2) is 0 Å². The summed E-state index contributed by atoms with van der Waals surface area (Å²) in [7, 11) is 0. The molecule has 2 unspecified atom stereocenters. The molecule has 0 rings (SSSR count). The third-order valence-electron chi connectivity index (χ3n) is 3.44. The van der Waals surface area contributed by atoms with Crippen molar-refractivity contribution in [2.24, 2.45) is 23.2 Å². The van der Waals surface area contributed by atoms with Gasteiger partial charge in [0.05, 0.1) is 0 Å².